The summed E-state index contributed by atoms with van der Waals surface area (Å²) in [5.74, 6) is -0.0419. The maximum atomic E-state index is 11.1. The summed E-state index contributed by atoms with van der Waals surface area (Å²) in [6.07, 6.45) is 4.89. The van der Waals surface area contributed by atoms with Crippen molar-refractivity contribution in [3.63, 3.8) is 0 Å². The smallest absolute Gasteiger partial charge is 0.221 e. The van der Waals surface area contributed by atoms with Gasteiger partial charge in [-0.05, 0) is 42.5 Å². The third-order valence-electron chi connectivity index (χ3n) is 5.27. The van der Waals surface area contributed by atoms with Crippen molar-refractivity contribution in [3.8, 4) is 0 Å². The van der Waals surface area contributed by atoms with Crippen LogP contribution in [0.3, 0.4) is 0 Å². The van der Waals surface area contributed by atoms with Gasteiger partial charge in [0, 0.05) is 32.2 Å². The molecule has 2 aliphatic rings. The van der Waals surface area contributed by atoms with Gasteiger partial charge in [-0.3, -0.25) is 14.8 Å². The van der Waals surface area contributed by atoms with E-state index in [1.807, 2.05) is 18.3 Å². The number of fused-ring (bicyclic) bond motifs is 2. The molecule has 1 amide bonds. The van der Waals surface area contributed by atoms with Crippen LogP contribution in [-0.4, -0.2) is 40.7 Å². The number of piperidine rings is 1. The van der Waals surface area contributed by atoms with Crippen LogP contribution in [0.2, 0.25) is 0 Å². The second-order valence-electron chi connectivity index (χ2n) is 7.02. The maximum absolute atomic E-state index is 11.1. The zero-order chi connectivity index (χ0) is 17.3. The number of rotatable bonds is 3. The lowest BCUT2D eigenvalue weighted by Gasteiger charge is -2.43. The van der Waals surface area contributed by atoms with Gasteiger partial charge < -0.3 is 10.1 Å². The van der Waals surface area contributed by atoms with Crippen LogP contribution in [0, 0.1) is 0 Å². The van der Waals surface area contributed by atoms with E-state index in [-0.39, 0.29) is 11.5 Å². The number of aromatic amines is 1. The Morgan fingerprint density at radius 2 is 2.08 bits per heavy atom. The fourth-order valence-electron chi connectivity index (χ4n) is 3.95. The van der Waals surface area contributed by atoms with Gasteiger partial charge in [0.15, 0.2) is 0 Å². The lowest BCUT2D eigenvalue weighted by atomic mass is 9.83. The van der Waals surface area contributed by atoms with E-state index >= 15 is 0 Å². The van der Waals surface area contributed by atoms with E-state index < -0.39 is 0 Å². The highest BCUT2D eigenvalue weighted by Crippen LogP contribution is 2.40. The van der Waals surface area contributed by atoms with E-state index in [9.17, 15) is 4.79 Å². The van der Waals surface area contributed by atoms with E-state index in [0.29, 0.717) is 0 Å². The second kappa shape index (κ2) is 6.61. The third kappa shape index (κ3) is 3.32. The Morgan fingerprint density at radius 1 is 1.32 bits per heavy atom. The summed E-state index contributed by atoms with van der Waals surface area (Å²) in [6.45, 7) is 5.25. The van der Waals surface area contributed by atoms with Crippen molar-refractivity contribution in [2.45, 2.75) is 38.3 Å². The standard InChI is InChI=1S/C19H24N4O2/c1-14(24)21-17-4-2-15(3-5-17)13-23-9-7-19(8-10-23)18-16(6-11-25-19)12-20-22-18/h2-5,12H,6-11,13H2,1H3,(H,20,22)(H,21,24). The Kier molecular flexibility index (Phi) is 4.31. The first kappa shape index (κ1) is 16.3. The summed E-state index contributed by atoms with van der Waals surface area (Å²) in [4.78, 5) is 13.6. The number of nitrogens with zero attached hydrogens (tertiary/aromatic N) is 2. The first-order chi connectivity index (χ1) is 12.1. The van der Waals surface area contributed by atoms with Gasteiger partial charge >= 0.3 is 0 Å². The van der Waals surface area contributed by atoms with Crippen LogP contribution >= 0.6 is 0 Å². The molecule has 0 atom stereocenters. The molecule has 3 heterocycles. The van der Waals surface area contributed by atoms with Crippen LogP contribution in [0.1, 0.15) is 36.6 Å². The van der Waals surface area contributed by atoms with Gasteiger partial charge in [-0.1, -0.05) is 12.1 Å². The molecule has 1 fully saturated rings. The molecule has 132 valence electrons. The van der Waals surface area contributed by atoms with E-state index in [2.05, 4.69) is 32.5 Å². The number of carbonyl (C=O) groups is 1. The van der Waals surface area contributed by atoms with Gasteiger partial charge in [-0.25, -0.2) is 0 Å². The zero-order valence-corrected chi connectivity index (χ0v) is 14.5. The monoisotopic (exact) mass is 340 g/mol. The van der Waals surface area contributed by atoms with Crippen molar-refractivity contribution >= 4 is 11.6 Å². The van der Waals surface area contributed by atoms with Gasteiger partial charge in [0.25, 0.3) is 0 Å². The highest BCUT2D eigenvalue weighted by molar-refractivity contribution is 5.88. The van der Waals surface area contributed by atoms with Gasteiger partial charge in [-0.2, -0.15) is 5.10 Å². The van der Waals surface area contributed by atoms with E-state index in [1.54, 1.807) is 0 Å². The molecule has 0 radical (unpaired) electrons. The Balaban J connectivity index is 1.38. The molecule has 1 aromatic heterocycles. The number of hydrogen-bond donors (Lipinski definition) is 2. The predicted molar refractivity (Wildman–Crippen MR) is 95.2 cm³/mol. The Labute approximate surface area is 147 Å². The summed E-state index contributed by atoms with van der Waals surface area (Å²) in [5.41, 5.74) is 4.44. The van der Waals surface area contributed by atoms with Crippen molar-refractivity contribution in [3.05, 3.63) is 47.3 Å². The highest BCUT2D eigenvalue weighted by Gasteiger charge is 2.42. The molecular formula is C19H24N4O2. The summed E-state index contributed by atoms with van der Waals surface area (Å²) in [6, 6.07) is 8.09. The molecule has 4 rings (SSSR count). The van der Waals surface area contributed by atoms with Gasteiger partial charge in [0.2, 0.25) is 5.91 Å². The van der Waals surface area contributed by atoms with Crippen molar-refractivity contribution in [2.24, 2.45) is 0 Å². The molecule has 0 saturated carbocycles. The van der Waals surface area contributed by atoms with Gasteiger partial charge in [0.1, 0.15) is 5.60 Å². The molecule has 6 nitrogen and oxygen atoms in total. The zero-order valence-electron chi connectivity index (χ0n) is 14.5. The lowest BCUT2D eigenvalue weighted by molar-refractivity contribution is -0.114. The van der Waals surface area contributed by atoms with Crippen LogP contribution in [0.15, 0.2) is 30.5 Å². The van der Waals surface area contributed by atoms with Crippen molar-refractivity contribution in [1.29, 1.82) is 0 Å². The minimum Gasteiger partial charge on any atom is -0.368 e. The molecule has 1 saturated heterocycles. The number of ether oxygens (including phenoxy) is 1. The Morgan fingerprint density at radius 3 is 2.80 bits per heavy atom. The van der Waals surface area contributed by atoms with Crippen molar-refractivity contribution in [2.75, 3.05) is 25.0 Å². The van der Waals surface area contributed by atoms with Crippen molar-refractivity contribution < 1.29 is 9.53 Å². The SMILES string of the molecule is CC(=O)Nc1ccc(CN2CCC3(CC2)OCCc2cn[nH]c23)cc1. The molecule has 0 bridgehead atoms. The largest absolute Gasteiger partial charge is 0.368 e. The van der Waals surface area contributed by atoms with E-state index in [0.717, 1.165) is 51.2 Å². The van der Waals surface area contributed by atoms with E-state index in [4.69, 9.17) is 4.74 Å². The fraction of sp³-hybridized carbons (Fsp3) is 0.474. The number of hydrogen-bond acceptors (Lipinski definition) is 4. The highest BCUT2D eigenvalue weighted by atomic mass is 16.5. The first-order valence-electron chi connectivity index (χ1n) is 8.90. The molecule has 0 aliphatic carbocycles. The van der Waals surface area contributed by atoms with Gasteiger partial charge in [0.05, 0.1) is 18.5 Å². The number of anilines is 1. The lowest BCUT2D eigenvalue weighted by Crippen LogP contribution is -2.46. The topological polar surface area (TPSA) is 70.2 Å². The number of H-pyrrole nitrogens is 1. The number of carbonyl (C=O) groups excluding carboxylic acids is 1. The number of benzene rings is 1. The summed E-state index contributed by atoms with van der Waals surface area (Å²) < 4.78 is 6.20. The Bertz CT molecular complexity index is 745. The fourth-order valence-corrected chi connectivity index (χ4v) is 3.95. The average molecular weight is 340 g/mol. The van der Waals surface area contributed by atoms with Crippen LogP contribution in [0.4, 0.5) is 5.69 Å². The normalized spacial score (nSPS) is 19.6. The van der Waals surface area contributed by atoms with Crippen LogP contribution in [-0.2, 0) is 28.1 Å². The molecule has 2 aromatic rings. The minimum atomic E-state index is -0.171. The molecule has 25 heavy (non-hydrogen) atoms. The van der Waals surface area contributed by atoms with Crippen molar-refractivity contribution in [1.82, 2.24) is 15.1 Å². The molecule has 2 N–H and O–H groups in total. The number of nitrogens with one attached hydrogen (secondary N) is 2. The van der Waals surface area contributed by atoms with Crippen LogP contribution in [0.5, 0.6) is 0 Å². The van der Waals surface area contributed by atoms with E-state index in [1.165, 1.54) is 23.7 Å². The molecule has 2 aliphatic heterocycles. The van der Waals surface area contributed by atoms with Gasteiger partial charge in [-0.15, -0.1) is 0 Å². The quantitative estimate of drug-likeness (QED) is 0.900. The summed E-state index contributed by atoms with van der Waals surface area (Å²) >= 11 is 0. The first-order valence-corrected chi connectivity index (χ1v) is 8.90. The Hall–Kier alpha value is -2.18. The molecule has 6 heteroatoms. The molecule has 0 unspecified atom stereocenters. The average Bonchev–Trinajstić information content (AvgIpc) is 3.09. The molecular weight excluding hydrogens is 316 g/mol. The summed E-state index contributed by atoms with van der Waals surface area (Å²) in [5, 5.41) is 10.2. The predicted octanol–water partition coefficient (Wildman–Crippen LogP) is 2.43. The number of likely N-dealkylation sites (tertiary alicyclic amines) is 1. The molecule has 1 aromatic carbocycles. The number of amides is 1. The summed E-state index contributed by atoms with van der Waals surface area (Å²) in [7, 11) is 0. The second-order valence-corrected chi connectivity index (χ2v) is 7.02. The number of aromatic nitrogens is 2. The minimum absolute atomic E-state index is 0.0419. The van der Waals surface area contributed by atoms with Crippen LogP contribution < -0.4 is 5.32 Å². The third-order valence-corrected chi connectivity index (χ3v) is 5.27. The molecule has 1 spiro atoms. The maximum Gasteiger partial charge on any atom is 0.221 e. The van der Waals surface area contributed by atoms with Crippen LogP contribution in [0.25, 0.3) is 0 Å².